The molecule has 1 nitrogen and oxygen atoms in total. The van der Waals surface area contributed by atoms with Gasteiger partial charge >= 0.3 is 0 Å². The third-order valence-electron chi connectivity index (χ3n) is 3.57. The van der Waals surface area contributed by atoms with Gasteiger partial charge in [-0.05, 0) is 51.7 Å². The van der Waals surface area contributed by atoms with E-state index in [1.807, 2.05) is 24.8 Å². The van der Waals surface area contributed by atoms with Gasteiger partial charge in [0.15, 0.2) is 0 Å². The molecule has 1 unspecified atom stereocenters. The number of hydrogen-bond donors (Lipinski definition) is 1. The molecule has 104 valence electrons. The van der Waals surface area contributed by atoms with E-state index in [1.165, 1.54) is 11.1 Å². The molecule has 1 heterocycles. The predicted octanol–water partition coefficient (Wildman–Crippen LogP) is 5.30. The van der Waals surface area contributed by atoms with Gasteiger partial charge in [0.2, 0.25) is 0 Å². The lowest BCUT2D eigenvalue weighted by Gasteiger charge is -2.27. The zero-order valence-electron chi connectivity index (χ0n) is 11.1. The van der Waals surface area contributed by atoms with E-state index in [0.29, 0.717) is 4.47 Å². The number of rotatable bonds is 2. The molecule has 0 saturated heterocycles. The molecule has 0 saturated carbocycles. The fraction of sp³-hybridized carbons (Fsp3) is 0.250. The molecule has 0 radical (unpaired) electrons. The van der Waals surface area contributed by atoms with Crippen LogP contribution in [0.25, 0.3) is 0 Å². The van der Waals surface area contributed by atoms with Gasteiger partial charge < -0.3 is 5.32 Å². The van der Waals surface area contributed by atoms with Crippen molar-refractivity contribution in [1.29, 1.82) is 0 Å². The molecule has 0 fully saturated rings. The second-order valence-electron chi connectivity index (χ2n) is 4.99. The standard InChI is InChI=1S/C16H15BrFNS/c1-10-6-14(18)13(17)7-15(10)19-16-9-20-8-11-4-2-3-5-12(11)16/h2-7,16,19H,8-9H2,1H3. The van der Waals surface area contributed by atoms with Crippen LogP contribution in [0, 0.1) is 12.7 Å². The van der Waals surface area contributed by atoms with Crippen LogP contribution in [-0.4, -0.2) is 5.75 Å². The van der Waals surface area contributed by atoms with E-state index >= 15 is 0 Å². The lowest BCUT2D eigenvalue weighted by molar-refractivity contribution is 0.620. The van der Waals surface area contributed by atoms with Crippen LogP contribution in [-0.2, 0) is 5.75 Å². The summed E-state index contributed by atoms with van der Waals surface area (Å²) in [5.74, 6) is 1.89. The third-order valence-corrected chi connectivity index (χ3v) is 5.26. The zero-order valence-corrected chi connectivity index (χ0v) is 13.5. The Labute approximate surface area is 131 Å². The first-order valence-electron chi connectivity index (χ1n) is 6.53. The van der Waals surface area contributed by atoms with Crippen LogP contribution in [0.5, 0.6) is 0 Å². The van der Waals surface area contributed by atoms with Crippen molar-refractivity contribution in [3.05, 3.63) is 63.4 Å². The molecule has 1 aliphatic heterocycles. The van der Waals surface area contributed by atoms with Gasteiger partial charge in [0.05, 0.1) is 10.5 Å². The number of anilines is 1. The fourth-order valence-corrected chi connectivity index (χ4v) is 3.93. The zero-order chi connectivity index (χ0) is 14.1. The Hall–Kier alpha value is -1.00. The summed E-state index contributed by atoms with van der Waals surface area (Å²) in [4.78, 5) is 0. The molecule has 1 aliphatic rings. The Morgan fingerprint density at radius 1 is 1.30 bits per heavy atom. The molecule has 0 bridgehead atoms. The van der Waals surface area contributed by atoms with Crippen LogP contribution in [0.2, 0.25) is 0 Å². The molecule has 0 amide bonds. The van der Waals surface area contributed by atoms with Crippen molar-refractivity contribution < 1.29 is 4.39 Å². The summed E-state index contributed by atoms with van der Waals surface area (Å²) < 4.78 is 14.0. The highest BCUT2D eigenvalue weighted by Gasteiger charge is 2.20. The second-order valence-corrected chi connectivity index (χ2v) is 6.88. The minimum absolute atomic E-state index is 0.216. The maximum Gasteiger partial charge on any atom is 0.137 e. The molecule has 3 rings (SSSR count). The van der Waals surface area contributed by atoms with Crippen molar-refractivity contribution in [3.63, 3.8) is 0 Å². The summed E-state index contributed by atoms with van der Waals surface area (Å²) in [6.07, 6.45) is 0. The fourth-order valence-electron chi connectivity index (χ4n) is 2.49. The van der Waals surface area contributed by atoms with Crippen molar-refractivity contribution in [1.82, 2.24) is 0 Å². The summed E-state index contributed by atoms with van der Waals surface area (Å²) in [6.45, 7) is 1.93. The average molecular weight is 352 g/mol. The van der Waals surface area contributed by atoms with Gasteiger partial charge in [0.25, 0.3) is 0 Å². The minimum Gasteiger partial charge on any atom is -0.377 e. The smallest absolute Gasteiger partial charge is 0.137 e. The summed E-state index contributed by atoms with van der Waals surface area (Å²) in [7, 11) is 0. The first-order valence-corrected chi connectivity index (χ1v) is 8.47. The molecule has 0 aliphatic carbocycles. The van der Waals surface area contributed by atoms with E-state index in [2.05, 4.69) is 45.5 Å². The van der Waals surface area contributed by atoms with Crippen molar-refractivity contribution in [2.24, 2.45) is 0 Å². The SMILES string of the molecule is Cc1cc(F)c(Br)cc1NC1CSCc2ccccc21. The number of fused-ring (bicyclic) bond motifs is 1. The number of nitrogens with one attached hydrogen (secondary N) is 1. The number of hydrogen-bond acceptors (Lipinski definition) is 2. The molecule has 1 N–H and O–H groups in total. The van der Waals surface area contributed by atoms with E-state index in [4.69, 9.17) is 0 Å². The predicted molar refractivity (Wildman–Crippen MR) is 87.8 cm³/mol. The van der Waals surface area contributed by atoms with Crippen LogP contribution in [0.3, 0.4) is 0 Å². The van der Waals surface area contributed by atoms with Gasteiger partial charge in [-0.1, -0.05) is 24.3 Å². The highest BCUT2D eigenvalue weighted by Crippen LogP contribution is 2.35. The van der Waals surface area contributed by atoms with Crippen molar-refractivity contribution in [2.45, 2.75) is 18.7 Å². The van der Waals surface area contributed by atoms with Gasteiger partial charge in [-0.2, -0.15) is 11.8 Å². The Morgan fingerprint density at radius 3 is 2.95 bits per heavy atom. The summed E-state index contributed by atoms with van der Waals surface area (Å²) >= 11 is 5.19. The van der Waals surface area contributed by atoms with E-state index in [1.54, 1.807) is 6.07 Å². The van der Waals surface area contributed by atoms with Gasteiger partial charge in [-0.25, -0.2) is 4.39 Å². The number of benzene rings is 2. The van der Waals surface area contributed by atoms with E-state index < -0.39 is 0 Å². The van der Waals surface area contributed by atoms with E-state index in [-0.39, 0.29) is 11.9 Å². The molecule has 0 spiro atoms. The maximum atomic E-state index is 13.5. The maximum absolute atomic E-state index is 13.5. The monoisotopic (exact) mass is 351 g/mol. The van der Waals surface area contributed by atoms with Gasteiger partial charge in [-0.15, -0.1) is 0 Å². The van der Waals surface area contributed by atoms with Crippen molar-refractivity contribution in [2.75, 3.05) is 11.1 Å². The highest BCUT2D eigenvalue weighted by atomic mass is 79.9. The van der Waals surface area contributed by atoms with Crippen LogP contribution < -0.4 is 5.32 Å². The van der Waals surface area contributed by atoms with Crippen LogP contribution in [0.1, 0.15) is 22.7 Å². The molecule has 20 heavy (non-hydrogen) atoms. The number of halogens is 2. The Bertz CT molecular complexity index is 644. The Kier molecular flexibility index (Phi) is 4.03. The van der Waals surface area contributed by atoms with E-state index in [9.17, 15) is 4.39 Å². The topological polar surface area (TPSA) is 12.0 Å². The van der Waals surface area contributed by atoms with Gasteiger partial charge in [0, 0.05) is 17.2 Å². The first kappa shape index (κ1) is 14.0. The largest absolute Gasteiger partial charge is 0.377 e. The number of thioether (sulfide) groups is 1. The quantitative estimate of drug-likeness (QED) is 0.788. The van der Waals surface area contributed by atoms with Crippen LogP contribution in [0.4, 0.5) is 10.1 Å². The van der Waals surface area contributed by atoms with Crippen LogP contribution in [0.15, 0.2) is 40.9 Å². The molecule has 0 aromatic heterocycles. The third kappa shape index (κ3) is 2.72. The minimum atomic E-state index is -0.216. The van der Waals surface area contributed by atoms with Crippen molar-refractivity contribution in [3.8, 4) is 0 Å². The van der Waals surface area contributed by atoms with Crippen molar-refractivity contribution >= 4 is 33.4 Å². The Morgan fingerprint density at radius 2 is 2.10 bits per heavy atom. The average Bonchev–Trinajstić information content (AvgIpc) is 2.45. The first-order chi connectivity index (χ1) is 9.65. The van der Waals surface area contributed by atoms with Gasteiger partial charge in [-0.3, -0.25) is 0 Å². The molecule has 2 aromatic rings. The molecular formula is C16H15BrFNS. The molecule has 1 atom stereocenters. The molecular weight excluding hydrogens is 337 g/mol. The molecule has 2 aromatic carbocycles. The van der Waals surface area contributed by atoms with Crippen LogP contribution >= 0.6 is 27.7 Å². The normalized spacial score (nSPS) is 17.6. The summed E-state index contributed by atoms with van der Waals surface area (Å²) in [5.41, 5.74) is 4.66. The summed E-state index contributed by atoms with van der Waals surface area (Å²) in [5, 5.41) is 3.56. The molecule has 4 heteroatoms. The highest BCUT2D eigenvalue weighted by molar-refractivity contribution is 9.10. The lowest BCUT2D eigenvalue weighted by atomic mass is 10.0. The Balaban J connectivity index is 1.91. The summed E-state index contributed by atoms with van der Waals surface area (Å²) in [6, 6.07) is 12.2. The van der Waals surface area contributed by atoms with E-state index in [0.717, 1.165) is 22.8 Å². The second kappa shape index (κ2) is 5.78. The lowest BCUT2D eigenvalue weighted by Crippen LogP contribution is -2.19. The van der Waals surface area contributed by atoms with Gasteiger partial charge in [0.1, 0.15) is 5.82 Å². The number of aryl methyl sites for hydroxylation is 1.